The van der Waals surface area contributed by atoms with Gasteiger partial charge in [-0.3, -0.25) is 9.69 Å². The number of aliphatic hydroxyl groups is 1. The molecule has 2 aromatic rings. The Labute approximate surface area is 165 Å². The number of carbonyl (C=O) groups is 1. The van der Waals surface area contributed by atoms with E-state index in [2.05, 4.69) is 29.2 Å². The molecule has 0 saturated carbocycles. The molecule has 1 N–H and O–H groups in total. The summed E-state index contributed by atoms with van der Waals surface area (Å²) in [5, 5.41) is 11.1. The Hall–Kier alpha value is -2.15. The number of fused-ring (bicyclic) bond motifs is 1. The minimum absolute atomic E-state index is 0.00724. The predicted molar refractivity (Wildman–Crippen MR) is 106 cm³/mol. The second-order valence-electron chi connectivity index (χ2n) is 7.99. The van der Waals surface area contributed by atoms with E-state index in [-0.39, 0.29) is 18.4 Å². The monoisotopic (exact) mass is 384 g/mol. The van der Waals surface area contributed by atoms with Gasteiger partial charge in [0, 0.05) is 51.3 Å². The third kappa shape index (κ3) is 3.99. The van der Waals surface area contributed by atoms with Gasteiger partial charge in [0.1, 0.15) is 12.4 Å². The second-order valence-corrected chi connectivity index (χ2v) is 7.99. The lowest BCUT2D eigenvalue weighted by molar-refractivity contribution is -0.150. The van der Waals surface area contributed by atoms with Gasteiger partial charge < -0.3 is 19.2 Å². The number of furan rings is 1. The van der Waals surface area contributed by atoms with Crippen molar-refractivity contribution in [3.05, 3.63) is 48.2 Å². The van der Waals surface area contributed by atoms with Crippen molar-refractivity contribution >= 4 is 5.91 Å². The first-order valence-electron chi connectivity index (χ1n) is 9.92. The van der Waals surface area contributed by atoms with E-state index in [1.54, 1.807) is 6.26 Å². The summed E-state index contributed by atoms with van der Waals surface area (Å²) in [4.78, 5) is 16.4. The zero-order chi connectivity index (χ0) is 19.6. The van der Waals surface area contributed by atoms with Crippen LogP contribution in [-0.2, 0) is 16.1 Å². The highest BCUT2D eigenvalue weighted by Gasteiger charge is 2.45. The van der Waals surface area contributed by atoms with E-state index in [9.17, 15) is 9.90 Å². The Kier molecular flexibility index (Phi) is 5.53. The lowest BCUT2D eigenvalue weighted by Crippen LogP contribution is -2.60. The second kappa shape index (κ2) is 8.07. The van der Waals surface area contributed by atoms with Gasteiger partial charge in [-0.25, -0.2) is 0 Å². The van der Waals surface area contributed by atoms with Gasteiger partial charge in [0.15, 0.2) is 0 Å². The lowest BCUT2D eigenvalue weighted by Gasteiger charge is -2.50. The number of hydrogen-bond donors (Lipinski definition) is 1. The standard InChI is InChI=1S/C22H28N2O4/c1-27-16-21(25)24-10-8-22(26)7-9-23(14-19(22)15-24)13-17-4-2-5-18(12-17)20-6-3-11-28-20/h2-6,11-12,19,26H,7-10,13-16H2,1H3/t19-,22-/m0/s1. The van der Waals surface area contributed by atoms with Crippen LogP contribution in [0.2, 0.25) is 0 Å². The van der Waals surface area contributed by atoms with Gasteiger partial charge in [-0.1, -0.05) is 18.2 Å². The fourth-order valence-electron chi connectivity index (χ4n) is 4.48. The number of piperidine rings is 2. The highest BCUT2D eigenvalue weighted by molar-refractivity contribution is 5.77. The SMILES string of the molecule is COCC(=O)N1CC[C@@]2(O)CCN(Cc3cccc(-c4ccco4)c3)C[C@H]2C1. The molecule has 0 radical (unpaired) electrons. The molecule has 2 fully saturated rings. The van der Waals surface area contributed by atoms with E-state index >= 15 is 0 Å². The van der Waals surface area contributed by atoms with Crippen molar-refractivity contribution in [1.29, 1.82) is 0 Å². The molecular formula is C22H28N2O4. The smallest absolute Gasteiger partial charge is 0.248 e. The number of rotatable bonds is 5. The Morgan fingerprint density at radius 1 is 1.25 bits per heavy atom. The molecule has 2 atom stereocenters. The first-order chi connectivity index (χ1) is 13.6. The van der Waals surface area contributed by atoms with Crippen LogP contribution >= 0.6 is 0 Å². The summed E-state index contributed by atoms with van der Waals surface area (Å²) in [6, 6.07) is 12.3. The summed E-state index contributed by atoms with van der Waals surface area (Å²) in [5.74, 6) is 0.950. The van der Waals surface area contributed by atoms with Gasteiger partial charge in [-0.2, -0.15) is 0 Å². The number of methoxy groups -OCH3 is 1. The van der Waals surface area contributed by atoms with Crippen molar-refractivity contribution in [3.8, 4) is 11.3 Å². The number of likely N-dealkylation sites (tertiary alicyclic amines) is 2. The topological polar surface area (TPSA) is 66.2 Å². The molecule has 4 rings (SSSR count). The fraction of sp³-hybridized carbons (Fsp3) is 0.500. The van der Waals surface area contributed by atoms with Gasteiger partial charge in [0.05, 0.1) is 11.9 Å². The molecule has 28 heavy (non-hydrogen) atoms. The maximum atomic E-state index is 12.2. The van der Waals surface area contributed by atoms with Gasteiger partial charge in [-0.05, 0) is 36.6 Å². The summed E-state index contributed by atoms with van der Waals surface area (Å²) in [6.45, 7) is 3.80. The first kappa shape index (κ1) is 19.2. The zero-order valence-electron chi connectivity index (χ0n) is 16.3. The number of ether oxygens (including phenoxy) is 1. The van der Waals surface area contributed by atoms with Gasteiger partial charge in [0.2, 0.25) is 5.91 Å². The Balaban J connectivity index is 1.42. The van der Waals surface area contributed by atoms with Crippen LogP contribution in [0, 0.1) is 5.92 Å². The Morgan fingerprint density at radius 2 is 2.11 bits per heavy atom. The van der Waals surface area contributed by atoms with E-state index in [4.69, 9.17) is 9.15 Å². The number of carbonyl (C=O) groups excluding carboxylic acids is 1. The van der Waals surface area contributed by atoms with E-state index in [0.717, 1.165) is 37.4 Å². The Bertz CT molecular complexity index is 807. The molecule has 6 nitrogen and oxygen atoms in total. The van der Waals surface area contributed by atoms with Crippen LogP contribution in [0.3, 0.4) is 0 Å². The molecule has 150 valence electrons. The number of hydrogen-bond acceptors (Lipinski definition) is 5. The summed E-state index contributed by atoms with van der Waals surface area (Å²) in [7, 11) is 1.54. The minimum atomic E-state index is -0.656. The van der Waals surface area contributed by atoms with Crippen molar-refractivity contribution in [1.82, 2.24) is 9.80 Å². The van der Waals surface area contributed by atoms with Gasteiger partial charge in [0.25, 0.3) is 0 Å². The van der Waals surface area contributed by atoms with Crippen molar-refractivity contribution in [2.24, 2.45) is 5.92 Å². The van der Waals surface area contributed by atoms with E-state index in [1.807, 2.05) is 17.0 Å². The molecule has 3 heterocycles. The van der Waals surface area contributed by atoms with Gasteiger partial charge >= 0.3 is 0 Å². The minimum Gasteiger partial charge on any atom is -0.464 e. The number of nitrogens with zero attached hydrogens (tertiary/aromatic N) is 2. The third-order valence-corrected chi connectivity index (χ3v) is 6.11. The fourth-order valence-corrected chi connectivity index (χ4v) is 4.48. The van der Waals surface area contributed by atoms with E-state index < -0.39 is 5.60 Å². The van der Waals surface area contributed by atoms with Crippen LogP contribution in [0.15, 0.2) is 47.1 Å². The Morgan fingerprint density at radius 3 is 2.89 bits per heavy atom. The highest BCUT2D eigenvalue weighted by Crippen LogP contribution is 2.36. The third-order valence-electron chi connectivity index (χ3n) is 6.11. The van der Waals surface area contributed by atoms with Crippen LogP contribution in [0.25, 0.3) is 11.3 Å². The molecule has 0 bridgehead atoms. The molecule has 0 spiro atoms. The summed E-state index contributed by atoms with van der Waals surface area (Å²) >= 11 is 0. The van der Waals surface area contributed by atoms with Crippen LogP contribution in [-0.4, -0.2) is 66.3 Å². The summed E-state index contributed by atoms with van der Waals surface area (Å²) in [5.41, 5.74) is 1.64. The molecule has 1 aromatic carbocycles. The largest absolute Gasteiger partial charge is 0.464 e. The molecule has 1 amide bonds. The maximum Gasteiger partial charge on any atom is 0.248 e. The molecular weight excluding hydrogens is 356 g/mol. The van der Waals surface area contributed by atoms with Crippen molar-refractivity contribution in [2.75, 3.05) is 39.9 Å². The van der Waals surface area contributed by atoms with Crippen molar-refractivity contribution < 1.29 is 19.1 Å². The average molecular weight is 384 g/mol. The molecule has 0 unspecified atom stereocenters. The maximum absolute atomic E-state index is 12.2. The molecule has 2 aliphatic rings. The van der Waals surface area contributed by atoms with Crippen LogP contribution in [0.1, 0.15) is 18.4 Å². The van der Waals surface area contributed by atoms with Crippen molar-refractivity contribution in [3.63, 3.8) is 0 Å². The normalized spacial score (nSPS) is 25.5. The molecule has 0 aliphatic carbocycles. The highest BCUT2D eigenvalue weighted by atomic mass is 16.5. The summed E-state index contributed by atoms with van der Waals surface area (Å²) in [6.07, 6.45) is 3.09. The number of benzene rings is 1. The first-order valence-corrected chi connectivity index (χ1v) is 9.92. The quantitative estimate of drug-likeness (QED) is 0.857. The molecule has 2 saturated heterocycles. The number of amides is 1. The van der Waals surface area contributed by atoms with Crippen LogP contribution in [0.5, 0.6) is 0 Å². The molecule has 6 heteroatoms. The van der Waals surface area contributed by atoms with Crippen LogP contribution < -0.4 is 0 Å². The van der Waals surface area contributed by atoms with Crippen LogP contribution in [0.4, 0.5) is 0 Å². The summed E-state index contributed by atoms with van der Waals surface area (Å²) < 4.78 is 10.5. The average Bonchev–Trinajstić information content (AvgIpc) is 3.23. The van der Waals surface area contributed by atoms with Crippen molar-refractivity contribution in [2.45, 2.75) is 25.0 Å². The predicted octanol–water partition coefficient (Wildman–Crippen LogP) is 2.38. The van der Waals surface area contributed by atoms with E-state index in [0.29, 0.717) is 19.5 Å². The molecule has 1 aromatic heterocycles. The van der Waals surface area contributed by atoms with Gasteiger partial charge in [-0.15, -0.1) is 0 Å². The van der Waals surface area contributed by atoms with E-state index in [1.165, 1.54) is 12.7 Å². The lowest BCUT2D eigenvalue weighted by atomic mass is 9.75. The zero-order valence-corrected chi connectivity index (χ0v) is 16.3. The molecule has 2 aliphatic heterocycles.